The minimum Gasteiger partial charge on any atom is -0.507 e. The van der Waals surface area contributed by atoms with E-state index >= 15 is 0 Å². The Morgan fingerprint density at radius 2 is 1.62 bits per heavy atom. The zero-order valence-electron chi connectivity index (χ0n) is 19.3. The zero-order valence-corrected chi connectivity index (χ0v) is 20.0. The van der Waals surface area contributed by atoms with E-state index in [0.717, 1.165) is 11.1 Å². The highest BCUT2D eigenvalue weighted by molar-refractivity contribution is 6.52. The molecule has 174 valence electrons. The Morgan fingerprint density at radius 3 is 2.24 bits per heavy atom. The number of amides is 1. The number of anilines is 1. The molecule has 1 fully saturated rings. The number of aryl methyl sites for hydroxylation is 2. The van der Waals surface area contributed by atoms with Crippen LogP contribution in [-0.2, 0) is 9.59 Å². The fraction of sp³-hybridized carbons (Fsp3) is 0.185. The standard InChI is InChI=1S/C27H24ClNO5/c1-15-10-11-20(16(2)12-15)29-24(17-8-6-5-7-9-17)23(26(31)27(29)32)25(30)18-13-19(28)22(34-4)14-21(18)33-3/h5-14,24,30H,1-4H3/b25-23+. The molecule has 0 aliphatic carbocycles. The second kappa shape index (κ2) is 9.23. The predicted octanol–water partition coefficient (Wildman–Crippen LogP) is 5.60. The number of nitrogens with zero attached hydrogens (tertiary/aromatic N) is 1. The number of halogens is 1. The summed E-state index contributed by atoms with van der Waals surface area (Å²) in [6, 6.07) is 16.9. The van der Waals surface area contributed by atoms with Crippen molar-refractivity contribution in [3.63, 3.8) is 0 Å². The van der Waals surface area contributed by atoms with Crippen molar-refractivity contribution < 1.29 is 24.2 Å². The van der Waals surface area contributed by atoms with E-state index in [9.17, 15) is 14.7 Å². The van der Waals surface area contributed by atoms with Crippen LogP contribution in [0.1, 0.15) is 28.3 Å². The number of hydrogen-bond donors (Lipinski definition) is 1. The number of ketones is 1. The largest absolute Gasteiger partial charge is 0.507 e. The lowest BCUT2D eigenvalue weighted by atomic mass is 9.94. The van der Waals surface area contributed by atoms with E-state index in [2.05, 4.69) is 0 Å². The third-order valence-electron chi connectivity index (χ3n) is 5.90. The van der Waals surface area contributed by atoms with Gasteiger partial charge in [0.25, 0.3) is 11.7 Å². The zero-order chi connectivity index (χ0) is 24.6. The Hall–Kier alpha value is -3.77. The summed E-state index contributed by atoms with van der Waals surface area (Å²) in [4.78, 5) is 28.2. The smallest absolute Gasteiger partial charge is 0.300 e. The highest BCUT2D eigenvalue weighted by Gasteiger charge is 2.47. The Kier molecular flexibility index (Phi) is 6.35. The third kappa shape index (κ3) is 3.90. The molecule has 6 nitrogen and oxygen atoms in total. The molecule has 1 heterocycles. The summed E-state index contributed by atoms with van der Waals surface area (Å²) < 4.78 is 10.7. The van der Waals surface area contributed by atoms with Gasteiger partial charge in [-0.05, 0) is 37.1 Å². The highest BCUT2D eigenvalue weighted by atomic mass is 35.5. The van der Waals surface area contributed by atoms with E-state index in [4.69, 9.17) is 21.1 Å². The van der Waals surface area contributed by atoms with Gasteiger partial charge >= 0.3 is 0 Å². The summed E-state index contributed by atoms with van der Waals surface area (Å²) in [5.74, 6) is -1.28. The van der Waals surface area contributed by atoms with Gasteiger partial charge in [0, 0.05) is 11.8 Å². The third-order valence-corrected chi connectivity index (χ3v) is 6.20. The van der Waals surface area contributed by atoms with E-state index < -0.39 is 17.7 Å². The molecule has 1 saturated heterocycles. The topological polar surface area (TPSA) is 76.1 Å². The fourth-order valence-electron chi connectivity index (χ4n) is 4.30. The lowest BCUT2D eigenvalue weighted by Gasteiger charge is -2.27. The monoisotopic (exact) mass is 477 g/mol. The van der Waals surface area contributed by atoms with Crippen LogP contribution in [0.25, 0.3) is 5.76 Å². The number of rotatable bonds is 5. The van der Waals surface area contributed by atoms with E-state index in [1.165, 1.54) is 31.3 Å². The maximum Gasteiger partial charge on any atom is 0.300 e. The van der Waals surface area contributed by atoms with Crippen molar-refractivity contribution in [1.29, 1.82) is 0 Å². The van der Waals surface area contributed by atoms with Crippen molar-refractivity contribution in [2.24, 2.45) is 0 Å². The second-order valence-electron chi connectivity index (χ2n) is 8.06. The molecule has 3 aromatic carbocycles. The molecule has 0 spiro atoms. The average molecular weight is 478 g/mol. The predicted molar refractivity (Wildman–Crippen MR) is 132 cm³/mol. The Bertz CT molecular complexity index is 1320. The molecule has 1 unspecified atom stereocenters. The molecule has 1 aliphatic heterocycles. The van der Waals surface area contributed by atoms with Gasteiger partial charge in [0.1, 0.15) is 17.3 Å². The Labute approximate surface area is 203 Å². The van der Waals surface area contributed by atoms with Crippen molar-refractivity contribution in [1.82, 2.24) is 0 Å². The number of methoxy groups -OCH3 is 2. The van der Waals surface area contributed by atoms with Crippen LogP contribution in [0, 0.1) is 13.8 Å². The van der Waals surface area contributed by atoms with Crippen LogP contribution in [0.5, 0.6) is 11.5 Å². The van der Waals surface area contributed by atoms with Gasteiger partial charge in [0.2, 0.25) is 0 Å². The normalized spacial score (nSPS) is 17.2. The molecular formula is C27H24ClNO5. The minimum absolute atomic E-state index is 0.0456. The quantitative estimate of drug-likeness (QED) is 0.294. The van der Waals surface area contributed by atoms with Gasteiger partial charge in [-0.1, -0.05) is 59.6 Å². The number of carbonyl (C=O) groups is 2. The second-order valence-corrected chi connectivity index (χ2v) is 8.46. The average Bonchev–Trinajstić information content (AvgIpc) is 3.09. The number of benzene rings is 3. The molecule has 34 heavy (non-hydrogen) atoms. The molecule has 7 heteroatoms. The van der Waals surface area contributed by atoms with E-state index in [1.807, 2.05) is 62.4 Å². The number of Topliss-reactive ketones (excluding diaryl/α,β-unsaturated/α-hetero) is 1. The fourth-order valence-corrected chi connectivity index (χ4v) is 4.54. The summed E-state index contributed by atoms with van der Waals surface area (Å²) in [6.45, 7) is 3.84. The molecule has 0 aromatic heterocycles. The van der Waals surface area contributed by atoms with Crippen LogP contribution in [0.4, 0.5) is 5.69 Å². The van der Waals surface area contributed by atoms with Crippen LogP contribution in [0.3, 0.4) is 0 Å². The van der Waals surface area contributed by atoms with Gasteiger partial charge in [-0.3, -0.25) is 14.5 Å². The van der Waals surface area contributed by atoms with Gasteiger partial charge in [0.05, 0.1) is 36.4 Å². The lowest BCUT2D eigenvalue weighted by molar-refractivity contribution is -0.132. The van der Waals surface area contributed by atoms with Crippen molar-refractivity contribution >= 4 is 34.7 Å². The van der Waals surface area contributed by atoms with E-state index in [0.29, 0.717) is 17.0 Å². The maximum atomic E-state index is 13.4. The molecular weight excluding hydrogens is 454 g/mol. The molecule has 4 rings (SSSR count). The molecule has 1 aliphatic rings. The summed E-state index contributed by atoms with van der Waals surface area (Å²) >= 11 is 6.31. The van der Waals surface area contributed by atoms with Gasteiger partial charge in [0.15, 0.2) is 0 Å². The number of aliphatic hydroxyl groups excluding tert-OH is 1. The summed E-state index contributed by atoms with van der Waals surface area (Å²) in [5, 5.41) is 11.6. The van der Waals surface area contributed by atoms with Crippen LogP contribution in [-0.4, -0.2) is 31.0 Å². The Balaban J connectivity index is 2.00. The summed E-state index contributed by atoms with van der Waals surface area (Å²) in [6.07, 6.45) is 0. The first kappa shape index (κ1) is 23.4. The first-order valence-corrected chi connectivity index (χ1v) is 11.0. The minimum atomic E-state index is -0.840. The number of hydrogen-bond acceptors (Lipinski definition) is 5. The van der Waals surface area contributed by atoms with Crippen molar-refractivity contribution in [2.45, 2.75) is 19.9 Å². The molecule has 1 N–H and O–H groups in total. The van der Waals surface area contributed by atoms with Crippen molar-refractivity contribution in [2.75, 3.05) is 19.1 Å². The molecule has 0 radical (unpaired) electrons. The van der Waals surface area contributed by atoms with Crippen molar-refractivity contribution in [3.8, 4) is 11.5 Å². The van der Waals surface area contributed by atoms with Gasteiger partial charge in [-0.2, -0.15) is 0 Å². The lowest BCUT2D eigenvalue weighted by Crippen LogP contribution is -2.30. The highest BCUT2D eigenvalue weighted by Crippen LogP contribution is 2.45. The first-order valence-electron chi connectivity index (χ1n) is 10.6. The van der Waals surface area contributed by atoms with Crippen molar-refractivity contribution in [3.05, 3.63) is 93.5 Å². The number of aliphatic hydroxyl groups is 1. The van der Waals surface area contributed by atoms with Gasteiger partial charge in [-0.15, -0.1) is 0 Å². The number of carbonyl (C=O) groups excluding carboxylic acids is 2. The summed E-state index contributed by atoms with van der Waals surface area (Å²) in [5.41, 5.74) is 3.30. The molecule has 1 atom stereocenters. The van der Waals surface area contributed by atoms with Crippen LogP contribution < -0.4 is 14.4 Å². The number of ether oxygens (including phenoxy) is 2. The molecule has 0 bridgehead atoms. The molecule has 3 aromatic rings. The summed E-state index contributed by atoms with van der Waals surface area (Å²) in [7, 11) is 2.90. The van der Waals surface area contributed by atoms with Gasteiger partial charge in [-0.25, -0.2) is 0 Å². The maximum absolute atomic E-state index is 13.4. The molecule has 0 saturated carbocycles. The first-order chi connectivity index (χ1) is 16.3. The van der Waals surface area contributed by atoms with Crippen LogP contribution in [0.15, 0.2) is 66.2 Å². The SMILES string of the molecule is COc1cc(OC)c(/C(O)=C2\C(=O)C(=O)N(c3ccc(C)cc3C)C2c2ccccc2)cc1Cl. The Morgan fingerprint density at radius 1 is 0.941 bits per heavy atom. The van der Waals surface area contributed by atoms with E-state index in [-0.39, 0.29) is 27.7 Å². The van der Waals surface area contributed by atoms with Gasteiger partial charge < -0.3 is 14.6 Å². The van der Waals surface area contributed by atoms with Crippen LogP contribution in [0.2, 0.25) is 5.02 Å². The molecule has 1 amide bonds. The van der Waals surface area contributed by atoms with Crippen LogP contribution >= 0.6 is 11.6 Å². The van der Waals surface area contributed by atoms with E-state index in [1.54, 1.807) is 0 Å².